The third-order valence-electron chi connectivity index (χ3n) is 6.72. The number of hydrogen-bond donors (Lipinski definition) is 0. The molecule has 4 heteroatoms. The standard InChI is InChI=1S/C19H28O4/c1-11(2)16(20)23-15-14-8-6-7-12(3)18(14,5)10-19(15)13(4)9-22-17(19)21/h11-12,14-15H,4,6-10H2,1-3,5H3/t12-,14+,15+,18+,19?/m0/s1. The molecule has 1 unspecified atom stereocenters. The summed E-state index contributed by atoms with van der Waals surface area (Å²) in [6.07, 6.45) is 3.55. The molecule has 0 aromatic carbocycles. The molecular formula is C19H28O4. The van der Waals surface area contributed by atoms with Crippen LogP contribution in [-0.2, 0) is 19.1 Å². The summed E-state index contributed by atoms with van der Waals surface area (Å²) in [4.78, 5) is 25.0. The van der Waals surface area contributed by atoms with Crippen molar-refractivity contribution in [1.82, 2.24) is 0 Å². The normalized spacial score (nSPS) is 42.9. The lowest BCUT2D eigenvalue weighted by Crippen LogP contribution is -2.43. The molecule has 0 aromatic heterocycles. The van der Waals surface area contributed by atoms with Gasteiger partial charge in [0.25, 0.3) is 0 Å². The lowest BCUT2D eigenvalue weighted by molar-refractivity contribution is -0.166. The Bertz CT molecular complexity index is 534. The van der Waals surface area contributed by atoms with Crippen molar-refractivity contribution in [2.45, 2.75) is 59.5 Å². The van der Waals surface area contributed by atoms with E-state index in [0.29, 0.717) is 12.3 Å². The Morgan fingerprint density at radius 3 is 2.65 bits per heavy atom. The fourth-order valence-corrected chi connectivity index (χ4v) is 5.03. The van der Waals surface area contributed by atoms with Crippen molar-refractivity contribution in [2.24, 2.45) is 28.6 Å². The molecule has 3 fully saturated rings. The highest BCUT2D eigenvalue weighted by Gasteiger charge is 2.69. The second-order valence-corrected chi connectivity index (χ2v) is 8.28. The maximum absolute atomic E-state index is 12.7. The number of fused-ring (bicyclic) bond motifs is 1. The smallest absolute Gasteiger partial charge is 0.320 e. The number of cyclic esters (lactones) is 1. The van der Waals surface area contributed by atoms with Crippen LogP contribution in [0.5, 0.6) is 0 Å². The van der Waals surface area contributed by atoms with Crippen molar-refractivity contribution < 1.29 is 19.1 Å². The van der Waals surface area contributed by atoms with Gasteiger partial charge >= 0.3 is 11.9 Å². The molecular weight excluding hydrogens is 292 g/mol. The second-order valence-electron chi connectivity index (χ2n) is 8.28. The van der Waals surface area contributed by atoms with Crippen molar-refractivity contribution in [1.29, 1.82) is 0 Å². The van der Waals surface area contributed by atoms with Gasteiger partial charge in [-0.1, -0.05) is 47.1 Å². The van der Waals surface area contributed by atoms with Crippen LogP contribution in [-0.4, -0.2) is 24.6 Å². The quantitative estimate of drug-likeness (QED) is 0.577. The third kappa shape index (κ3) is 2.17. The first-order valence-corrected chi connectivity index (χ1v) is 8.79. The van der Waals surface area contributed by atoms with Gasteiger partial charge in [-0.05, 0) is 29.7 Å². The maximum atomic E-state index is 12.7. The minimum Gasteiger partial charge on any atom is -0.460 e. The molecule has 0 amide bonds. The van der Waals surface area contributed by atoms with Gasteiger partial charge in [0, 0.05) is 5.92 Å². The molecule has 0 N–H and O–H groups in total. The van der Waals surface area contributed by atoms with Gasteiger partial charge in [0.15, 0.2) is 0 Å². The van der Waals surface area contributed by atoms with Crippen LogP contribution < -0.4 is 0 Å². The van der Waals surface area contributed by atoms with Gasteiger partial charge in [-0.25, -0.2) is 0 Å². The number of carbonyl (C=O) groups is 2. The van der Waals surface area contributed by atoms with Gasteiger partial charge in [-0.15, -0.1) is 0 Å². The van der Waals surface area contributed by atoms with E-state index >= 15 is 0 Å². The van der Waals surface area contributed by atoms with Crippen LogP contribution in [0.15, 0.2) is 12.2 Å². The molecule has 3 aliphatic rings. The maximum Gasteiger partial charge on any atom is 0.320 e. The zero-order valence-corrected chi connectivity index (χ0v) is 14.7. The van der Waals surface area contributed by atoms with Crippen molar-refractivity contribution in [2.75, 3.05) is 6.61 Å². The lowest BCUT2D eigenvalue weighted by atomic mass is 9.63. The van der Waals surface area contributed by atoms with Gasteiger partial charge < -0.3 is 9.47 Å². The molecule has 2 aliphatic carbocycles. The van der Waals surface area contributed by atoms with Gasteiger partial charge in [0.05, 0.1) is 5.92 Å². The van der Waals surface area contributed by atoms with Crippen molar-refractivity contribution in [3.63, 3.8) is 0 Å². The average Bonchev–Trinajstić information content (AvgIpc) is 2.91. The van der Waals surface area contributed by atoms with Crippen LogP contribution in [0.3, 0.4) is 0 Å². The third-order valence-corrected chi connectivity index (χ3v) is 6.72. The largest absolute Gasteiger partial charge is 0.460 e. The second kappa shape index (κ2) is 5.35. The summed E-state index contributed by atoms with van der Waals surface area (Å²) in [5.74, 6) is 0.0280. The van der Waals surface area contributed by atoms with E-state index in [1.807, 2.05) is 13.8 Å². The fraction of sp³-hybridized carbons (Fsp3) is 0.789. The van der Waals surface area contributed by atoms with E-state index in [1.54, 1.807) is 0 Å². The summed E-state index contributed by atoms with van der Waals surface area (Å²) in [5.41, 5.74) is -0.0541. The SMILES string of the molecule is C=C1COC(=O)C12C[C@@]1(C)[C@H](CCC[C@@H]1C)[C@H]2OC(=O)C(C)C. The molecule has 23 heavy (non-hydrogen) atoms. The number of carbonyl (C=O) groups excluding carboxylic acids is 2. The van der Waals surface area contributed by atoms with E-state index in [2.05, 4.69) is 20.4 Å². The van der Waals surface area contributed by atoms with Crippen LogP contribution >= 0.6 is 0 Å². The zero-order chi connectivity index (χ0) is 17.0. The van der Waals surface area contributed by atoms with Crippen LogP contribution in [0.1, 0.15) is 53.4 Å². The predicted octanol–water partition coefficient (Wildman–Crippen LogP) is 3.50. The summed E-state index contributed by atoms with van der Waals surface area (Å²) >= 11 is 0. The Balaban J connectivity index is 2.05. The molecule has 5 atom stereocenters. The van der Waals surface area contributed by atoms with Gasteiger partial charge in [-0.2, -0.15) is 0 Å². The highest BCUT2D eigenvalue weighted by atomic mass is 16.6. The first kappa shape index (κ1) is 16.5. The average molecular weight is 320 g/mol. The number of ether oxygens (including phenoxy) is 2. The molecule has 0 bridgehead atoms. The monoisotopic (exact) mass is 320 g/mol. The Labute approximate surface area is 138 Å². The molecule has 1 heterocycles. The Morgan fingerprint density at radius 2 is 2.09 bits per heavy atom. The van der Waals surface area contributed by atoms with E-state index in [-0.39, 0.29) is 35.8 Å². The molecule has 128 valence electrons. The molecule has 4 nitrogen and oxygen atoms in total. The van der Waals surface area contributed by atoms with E-state index in [1.165, 1.54) is 0 Å². The fourth-order valence-electron chi connectivity index (χ4n) is 5.03. The van der Waals surface area contributed by atoms with Gasteiger partial charge in [0.1, 0.15) is 18.1 Å². The molecule has 0 radical (unpaired) electrons. The van der Waals surface area contributed by atoms with E-state index in [4.69, 9.17) is 9.47 Å². The number of esters is 2. The Kier molecular flexibility index (Phi) is 3.85. The zero-order valence-electron chi connectivity index (χ0n) is 14.7. The van der Waals surface area contributed by atoms with Crippen LogP contribution in [0.2, 0.25) is 0 Å². The van der Waals surface area contributed by atoms with Crippen molar-refractivity contribution >= 4 is 11.9 Å². The van der Waals surface area contributed by atoms with E-state index < -0.39 is 11.5 Å². The molecule has 3 rings (SSSR count). The summed E-state index contributed by atoms with van der Waals surface area (Å²) in [7, 11) is 0. The van der Waals surface area contributed by atoms with Gasteiger partial charge in [0.2, 0.25) is 0 Å². The summed E-state index contributed by atoms with van der Waals surface area (Å²) < 4.78 is 11.3. The summed E-state index contributed by atoms with van der Waals surface area (Å²) in [6.45, 7) is 12.5. The molecule has 2 saturated carbocycles. The molecule has 1 saturated heterocycles. The molecule has 1 spiro atoms. The van der Waals surface area contributed by atoms with Crippen LogP contribution in [0.4, 0.5) is 0 Å². The summed E-state index contributed by atoms with van der Waals surface area (Å²) in [5, 5.41) is 0. The first-order valence-electron chi connectivity index (χ1n) is 8.79. The lowest BCUT2D eigenvalue weighted by Gasteiger charge is -2.43. The van der Waals surface area contributed by atoms with Gasteiger partial charge in [-0.3, -0.25) is 9.59 Å². The first-order chi connectivity index (χ1) is 10.7. The van der Waals surface area contributed by atoms with E-state index in [9.17, 15) is 9.59 Å². The predicted molar refractivity (Wildman–Crippen MR) is 86.5 cm³/mol. The molecule has 0 aromatic rings. The molecule has 1 aliphatic heterocycles. The Morgan fingerprint density at radius 1 is 1.39 bits per heavy atom. The Hall–Kier alpha value is -1.32. The highest BCUT2D eigenvalue weighted by molar-refractivity contribution is 5.86. The number of rotatable bonds is 2. The number of hydrogen-bond acceptors (Lipinski definition) is 4. The topological polar surface area (TPSA) is 52.6 Å². The van der Waals surface area contributed by atoms with Crippen LogP contribution in [0, 0.1) is 28.6 Å². The van der Waals surface area contributed by atoms with Crippen LogP contribution in [0.25, 0.3) is 0 Å². The van der Waals surface area contributed by atoms with Crippen molar-refractivity contribution in [3.8, 4) is 0 Å². The van der Waals surface area contributed by atoms with Crippen molar-refractivity contribution in [3.05, 3.63) is 12.2 Å². The van der Waals surface area contributed by atoms with E-state index in [0.717, 1.165) is 24.8 Å². The highest BCUT2D eigenvalue weighted by Crippen LogP contribution is 2.65. The minimum atomic E-state index is -0.831. The minimum absolute atomic E-state index is 0.00746. The summed E-state index contributed by atoms with van der Waals surface area (Å²) in [6, 6.07) is 0.